The first-order valence-electron chi connectivity index (χ1n) is 10.7. The molecule has 2 aromatic carbocycles. The predicted octanol–water partition coefficient (Wildman–Crippen LogP) is 7.05. The Morgan fingerprint density at radius 3 is 2.03 bits per heavy atom. The maximum atomic E-state index is 13.7. The number of benzene rings is 2. The number of hydrogen-bond donors (Lipinski definition) is 0. The van der Waals surface area contributed by atoms with Crippen LogP contribution in [0.2, 0.25) is 0 Å². The molecule has 0 unspecified atom stereocenters. The van der Waals surface area contributed by atoms with Crippen molar-refractivity contribution < 1.29 is 28.9 Å². The fraction of sp³-hybridized carbons (Fsp3) is 0.0690. The number of hydrogen-bond acceptors (Lipinski definition) is 3. The topological polar surface area (TPSA) is 38.7 Å². The summed E-state index contributed by atoms with van der Waals surface area (Å²) in [7, 11) is 0. The third kappa shape index (κ3) is 6.50. The van der Waals surface area contributed by atoms with Gasteiger partial charge in [-0.2, -0.15) is 0 Å². The maximum Gasteiger partial charge on any atom is 0.0719 e. The van der Waals surface area contributed by atoms with Gasteiger partial charge in [-0.3, -0.25) is 4.98 Å². The van der Waals surface area contributed by atoms with E-state index in [1.807, 2.05) is 67.6 Å². The minimum atomic E-state index is -0.730. The van der Waals surface area contributed by atoms with E-state index in [9.17, 15) is 8.78 Å². The van der Waals surface area contributed by atoms with Crippen LogP contribution < -0.4 is 0 Å². The smallest absolute Gasteiger partial charge is 0.0719 e. The van der Waals surface area contributed by atoms with Gasteiger partial charge in [0.2, 0.25) is 0 Å². The third-order valence-electron chi connectivity index (χ3n) is 5.19. The third-order valence-corrected chi connectivity index (χ3v) is 5.19. The summed E-state index contributed by atoms with van der Waals surface area (Å²) in [6.45, 7) is 3.50. The molecule has 3 nitrogen and oxygen atoms in total. The largest absolute Gasteiger partial charge is 0.305 e. The van der Waals surface area contributed by atoms with Gasteiger partial charge in [-0.15, -0.1) is 47.5 Å². The molecule has 0 aliphatic carbocycles. The van der Waals surface area contributed by atoms with Gasteiger partial charge in [0.15, 0.2) is 0 Å². The molecule has 5 aromatic rings. The van der Waals surface area contributed by atoms with E-state index in [0.717, 1.165) is 34.1 Å². The molecule has 0 bridgehead atoms. The quantitative estimate of drug-likeness (QED) is 0.198. The van der Waals surface area contributed by atoms with Crippen LogP contribution in [0.1, 0.15) is 11.1 Å². The SMILES string of the molecule is Cc1cc(-c2[c-]c(F)cc(F)c2C)ncc1-c1ccccn1.[Ir].[c-]1ccccc1-c1ccccn1. The Morgan fingerprint density at radius 2 is 1.43 bits per heavy atom. The summed E-state index contributed by atoms with van der Waals surface area (Å²) in [5.41, 5.74) is 5.81. The van der Waals surface area contributed by atoms with Gasteiger partial charge in [-0.25, -0.2) is 8.78 Å². The predicted molar refractivity (Wildman–Crippen MR) is 130 cm³/mol. The Bertz CT molecular complexity index is 1340. The molecule has 3 heterocycles. The van der Waals surface area contributed by atoms with Gasteiger partial charge in [0.1, 0.15) is 0 Å². The first-order chi connectivity index (χ1) is 16.5. The molecule has 177 valence electrons. The molecule has 0 saturated carbocycles. The molecule has 5 rings (SSSR count). The molecule has 1 radical (unpaired) electrons. The fourth-order valence-electron chi connectivity index (χ4n) is 3.40. The van der Waals surface area contributed by atoms with Crippen LogP contribution in [0, 0.1) is 37.6 Å². The van der Waals surface area contributed by atoms with Crippen molar-refractivity contribution in [3.8, 4) is 33.8 Å². The maximum absolute atomic E-state index is 13.7. The zero-order valence-corrected chi connectivity index (χ0v) is 21.5. The number of aryl methyl sites for hydroxylation is 1. The molecule has 0 amide bonds. The van der Waals surface area contributed by atoms with Crippen LogP contribution in [0.25, 0.3) is 33.8 Å². The van der Waals surface area contributed by atoms with Crippen molar-refractivity contribution in [2.45, 2.75) is 13.8 Å². The summed E-state index contributed by atoms with van der Waals surface area (Å²) in [5.74, 6) is -1.33. The molecule has 3 aromatic heterocycles. The molecule has 0 fully saturated rings. The van der Waals surface area contributed by atoms with Crippen molar-refractivity contribution in [2.75, 3.05) is 0 Å². The van der Waals surface area contributed by atoms with Gasteiger partial charge in [-0.1, -0.05) is 42.8 Å². The molecular formula is C29H21F2IrN3-2. The molecule has 35 heavy (non-hydrogen) atoms. The Kier molecular flexibility index (Phi) is 9.07. The van der Waals surface area contributed by atoms with Crippen molar-refractivity contribution in [3.63, 3.8) is 0 Å². The second-order valence-electron chi connectivity index (χ2n) is 7.56. The molecule has 0 aliphatic rings. The van der Waals surface area contributed by atoms with E-state index in [2.05, 4.69) is 27.1 Å². The minimum absolute atomic E-state index is 0. The molecule has 6 heteroatoms. The van der Waals surface area contributed by atoms with E-state index in [1.165, 1.54) is 0 Å². The van der Waals surface area contributed by atoms with E-state index >= 15 is 0 Å². The standard InChI is InChI=1S/C18H13F2N2.C11H8N.Ir/c1-11-7-18(14-8-13(19)9-16(20)12(14)2)22-10-15(11)17-5-3-4-6-21-17;1-2-6-10(7-3-1)11-8-4-5-9-12-11;/h3-7,9-10H,1-2H3;1-6,8-9H;/q2*-1;. The van der Waals surface area contributed by atoms with Crippen LogP contribution in [-0.2, 0) is 20.1 Å². The molecule has 0 atom stereocenters. The van der Waals surface area contributed by atoms with Gasteiger partial charge in [0.25, 0.3) is 0 Å². The Morgan fingerprint density at radius 1 is 0.743 bits per heavy atom. The number of rotatable bonds is 3. The van der Waals surface area contributed by atoms with E-state index in [-0.39, 0.29) is 20.1 Å². The van der Waals surface area contributed by atoms with Crippen molar-refractivity contribution in [2.24, 2.45) is 0 Å². The van der Waals surface area contributed by atoms with Crippen LogP contribution >= 0.6 is 0 Å². The van der Waals surface area contributed by atoms with Crippen LogP contribution in [0.5, 0.6) is 0 Å². The van der Waals surface area contributed by atoms with Gasteiger partial charge < -0.3 is 9.97 Å². The number of halogens is 2. The number of nitrogens with zero attached hydrogens (tertiary/aromatic N) is 3. The first kappa shape index (κ1) is 26.0. The molecular weight excluding hydrogens is 621 g/mol. The Labute approximate surface area is 217 Å². The van der Waals surface area contributed by atoms with Crippen LogP contribution in [0.3, 0.4) is 0 Å². The van der Waals surface area contributed by atoms with E-state index in [0.29, 0.717) is 16.8 Å². The molecule has 0 saturated heterocycles. The van der Waals surface area contributed by atoms with Gasteiger partial charge >= 0.3 is 0 Å². The second kappa shape index (κ2) is 12.2. The average Bonchev–Trinajstić information content (AvgIpc) is 2.88. The zero-order valence-electron chi connectivity index (χ0n) is 19.1. The first-order valence-corrected chi connectivity index (χ1v) is 10.7. The minimum Gasteiger partial charge on any atom is -0.305 e. The second-order valence-corrected chi connectivity index (χ2v) is 7.56. The molecule has 0 spiro atoms. The van der Waals surface area contributed by atoms with Gasteiger partial charge in [0, 0.05) is 55.9 Å². The Hall–Kier alpha value is -3.60. The van der Waals surface area contributed by atoms with Crippen LogP contribution in [-0.4, -0.2) is 15.0 Å². The van der Waals surface area contributed by atoms with Crippen molar-refractivity contribution in [1.29, 1.82) is 0 Å². The van der Waals surface area contributed by atoms with Crippen LogP contribution in [0.4, 0.5) is 8.78 Å². The average molecular weight is 642 g/mol. The molecule has 0 aliphatic heterocycles. The summed E-state index contributed by atoms with van der Waals surface area (Å²) < 4.78 is 27.1. The summed E-state index contributed by atoms with van der Waals surface area (Å²) in [6, 6.07) is 27.6. The fourth-order valence-corrected chi connectivity index (χ4v) is 3.40. The van der Waals surface area contributed by atoms with Gasteiger partial charge in [0.05, 0.1) is 5.69 Å². The zero-order chi connectivity index (χ0) is 23.9. The van der Waals surface area contributed by atoms with Crippen molar-refractivity contribution in [1.82, 2.24) is 15.0 Å². The van der Waals surface area contributed by atoms with Gasteiger partial charge in [-0.05, 0) is 42.1 Å². The van der Waals surface area contributed by atoms with E-state index < -0.39 is 11.6 Å². The van der Waals surface area contributed by atoms with E-state index in [1.54, 1.807) is 31.6 Å². The molecule has 0 N–H and O–H groups in total. The number of pyridine rings is 3. The summed E-state index contributed by atoms with van der Waals surface area (Å²) in [5, 5.41) is 0. The monoisotopic (exact) mass is 642 g/mol. The summed E-state index contributed by atoms with van der Waals surface area (Å²) in [4.78, 5) is 12.8. The van der Waals surface area contributed by atoms with Crippen molar-refractivity contribution in [3.05, 3.63) is 126 Å². The summed E-state index contributed by atoms with van der Waals surface area (Å²) >= 11 is 0. The van der Waals surface area contributed by atoms with Crippen LogP contribution in [0.15, 0.2) is 91.4 Å². The normalized spacial score (nSPS) is 10.1. The van der Waals surface area contributed by atoms with Crippen molar-refractivity contribution >= 4 is 0 Å². The Balaban J connectivity index is 0.000000223. The summed E-state index contributed by atoms with van der Waals surface area (Å²) in [6.07, 6.45) is 5.17. The number of aromatic nitrogens is 3. The van der Waals surface area contributed by atoms with E-state index in [4.69, 9.17) is 0 Å².